The van der Waals surface area contributed by atoms with Crippen molar-refractivity contribution in [2.45, 2.75) is 33.2 Å². The van der Waals surface area contributed by atoms with Gasteiger partial charge in [-0.2, -0.15) is 5.10 Å². The first-order valence-corrected chi connectivity index (χ1v) is 4.92. The van der Waals surface area contributed by atoms with Crippen LogP contribution in [0.25, 0.3) is 6.08 Å². The molecule has 2 nitrogen and oxygen atoms in total. The molecule has 0 bridgehead atoms. The molecular formula is C11H16N2. The van der Waals surface area contributed by atoms with Crippen LogP contribution < -0.4 is 0 Å². The first-order chi connectivity index (χ1) is 6.18. The van der Waals surface area contributed by atoms with Crippen molar-refractivity contribution < 1.29 is 0 Å². The third-order valence-electron chi connectivity index (χ3n) is 2.58. The van der Waals surface area contributed by atoms with Gasteiger partial charge < -0.3 is 0 Å². The second-order valence-electron chi connectivity index (χ2n) is 4.16. The van der Waals surface area contributed by atoms with Crippen LogP contribution >= 0.6 is 0 Å². The van der Waals surface area contributed by atoms with Crippen molar-refractivity contribution >= 4 is 6.08 Å². The molecule has 1 atom stereocenters. The molecule has 1 aliphatic heterocycles. The van der Waals surface area contributed by atoms with Crippen molar-refractivity contribution in [2.75, 3.05) is 0 Å². The molecule has 70 valence electrons. The van der Waals surface area contributed by atoms with Gasteiger partial charge in [-0.25, -0.2) is 0 Å². The summed E-state index contributed by atoms with van der Waals surface area (Å²) in [6.45, 7) is 7.67. The zero-order valence-corrected chi connectivity index (χ0v) is 8.49. The second-order valence-corrected chi connectivity index (χ2v) is 4.16. The smallest absolute Gasteiger partial charge is 0.0641 e. The van der Waals surface area contributed by atoms with Crippen LogP contribution in [0.15, 0.2) is 12.3 Å². The number of fused-ring (bicyclic) bond motifs is 1. The summed E-state index contributed by atoms with van der Waals surface area (Å²) in [6.07, 6.45) is 6.47. The van der Waals surface area contributed by atoms with Crippen LogP contribution in [0.4, 0.5) is 0 Å². The first-order valence-electron chi connectivity index (χ1n) is 4.92. The molecule has 2 rings (SSSR count). The Morgan fingerprint density at radius 1 is 1.54 bits per heavy atom. The minimum Gasteiger partial charge on any atom is -0.265 e. The molecule has 0 aromatic carbocycles. The topological polar surface area (TPSA) is 17.8 Å². The van der Waals surface area contributed by atoms with Gasteiger partial charge in [0.25, 0.3) is 0 Å². The number of nitrogens with zero attached hydrogens (tertiary/aromatic N) is 2. The fourth-order valence-electron chi connectivity index (χ4n) is 1.77. The molecule has 0 fully saturated rings. The minimum atomic E-state index is 0.571. The standard InChI is InChI=1S/C11H16N2/c1-8(2)10-6-12-13-7-9(3)4-5-11(10)13/h4-6,8-9H,7H2,1-3H3. The van der Waals surface area contributed by atoms with Gasteiger partial charge >= 0.3 is 0 Å². The van der Waals surface area contributed by atoms with E-state index in [2.05, 4.69) is 42.7 Å². The van der Waals surface area contributed by atoms with Crippen molar-refractivity contribution in [2.24, 2.45) is 5.92 Å². The molecule has 0 amide bonds. The Morgan fingerprint density at radius 3 is 3.00 bits per heavy atom. The predicted octanol–water partition coefficient (Wildman–Crippen LogP) is 2.67. The number of hydrogen-bond acceptors (Lipinski definition) is 1. The Labute approximate surface area is 79.3 Å². The number of hydrogen-bond donors (Lipinski definition) is 0. The van der Waals surface area contributed by atoms with Gasteiger partial charge in [-0.1, -0.05) is 26.8 Å². The minimum absolute atomic E-state index is 0.571. The van der Waals surface area contributed by atoms with Crippen LogP contribution in [-0.2, 0) is 6.54 Å². The summed E-state index contributed by atoms with van der Waals surface area (Å²) in [6, 6.07) is 0. The summed E-state index contributed by atoms with van der Waals surface area (Å²) < 4.78 is 2.11. The summed E-state index contributed by atoms with van der Waals surface area (Å²) in [5.74, 6) is 1.19. The van der Waals surface area contributed by atoms with E-state index in [1.807, 2.05) is 6.20 Å². The van der Waals surface area contributed by atoms with Crippen LogP contribution in [-0.4, -0.2) is 9.78 Å². The Kier molecular flexibility index (Phi) is 1.98. The van der Waals surface area contributed by atoms with E-state index >= 15 is 0 Å². The molecule has 0 N–H and O–H groups in total. The van der Waals surface area contributed by atoms with E-state index < -0.39 is 0 Å². The van der Waals surface area contributed by atoms with Crippen LogP contribution in [0.1, 0.15) is 37.9 Å². The highest BCUT2D eigenvalue weighted by Gasteiger charge is 2.15. The molecule has 1 aromatic rings. The van der Waals surface area contributed by atoms with Crippen molar-refractivity contribution in [3.05, 3.63) is 23.5 Å². The summed E-state index contributed by atoms with van der Waals surface area (Å²) >= 11 is 0. The maximum atomic E-state index is 4.39. The molecule has 1 aliphatic rings. The van der Waals surface area contributed by atoms with Gasteiger partial charge in [0.15, 0.2) is 0 Å². The average molecular weight is 176 g/mol. The summed E-state index contributed by atoms with van der Waals surface area (Å²) in [4.78, 5) is 0. The lowest BCUT2D eigenvalue weighted by Crippen LogP contribution is -2.12. The molecule has 0 radical (unpaired) electrons. The third kappa shape index (κ3) is 1.41. The zero-order chi connectivity index (χ0) is 9.42. The van der Waals surface area contributed by atoms with E-state index in [-0.39, 0.29) is 0 Å². The maximum absolute atomic E-state index is 4.39. The van der Waals surface area contributed by atoms with Crippen molar-refractivity contribution in [3.8, 4) is 0 Å². The molecule has 0 spiro atoms. The van der Waals surface area contributed by atoms with Crippen LogP contribution in [0, 0.1) is 5.92 Å². The normalized spacial score (nSPS) is 20.8. The summed E-state index contributed by atoms with van der Waals surface area (Å²) in [7, 11) is 0. The Balaban J connectivity index is 2.42. The molecular weight excluding hydrogens is 160 g/mol. The van der Waals surface area contributed by atoms with Crippen LogP contribution in [0.3, 0.4) is 0 Å². The Hall–Kier alpha value is -1.05. The van der Waals surface area contributed by atoms with Gasteiger partial charge in [-0.15, -0.1) is 0 Å². The van der Waals surface area contributed by atoms with Gasteiger partial charge in [0.05, 0.1) is 11.9 Å². The molecule has 13 heavy (non-hydrogen) atoms. The SMILES string of the molecule is CC1C=Cc2c(C(C)C)cnn2C1. The van der Waals surface area contributed by atoms with E-state index in [1.165, 1.54) is 11.3 Å². The summed E-state index contributed by atoms with van der Waals surface area (Å²) in [5.41, 5.74) is 2.66. The monoisotopic (exact) mass is 176 g/mol. The lowest BCUT2D eigenvalue weighted by atomic mass is 10.0. The van der Waals surface area contributed by atoms with Crippen molar-refractivity contribution in [3.63, 3.8) is 0 Å². The third-order valence-corrected chi connectivity index (χ3v) is 2.58. The molecule has 2 heteroatoms. The molecule has 1 aromatic heterocycles. The van der Waals surface area contributed by atoms with E-state index in [0.717, 1.165) is 6.54 Å². The van der Waals surface area contributed by atoms with E-state index in [0.29, 0.717) is 11.8 Å². The van der Waals surface area contributed by atoms with Gasteiger partial charge in [-0.3, -0.25) is 4.68 Å². The van der Waals surface area contributed by atoms with E-state index in [4.69, 9.17) is 0 Å². The van der Waals surface area contributed by atoms with Gasteiger partial charge in [-0.05, 0) is 23.5 Å². The fourth-order valence-corrected chi connectivity index (χ4v) is 1.77. The molecule has 2 heterocycles. The quantitative estimate of drug-likeness (QED) is 0.643. The summed E-state index contributed by atoms with van der Waals surface area (Å²) in [5, 5.41) is 4.39. The Morgan fingerprint density at radius 2 is 2.31 bits per heavy atom. The predicted molar refractivity (Wildman–Crippen MR) is 54.5 cm³/mol. The van der Waals surface area contributed by atoms with Gasteiger partial charge in [0, 0.05) is 6.54 Å². The lowest BCUT2D eigenvalue weighted by Gasteiger charge is -2.15. The average Bonchev–Trinajstić information content (AvgIpc) is 2.46. The number of allylic oxidation sites excluding steroid dienone is 1. The zero-order valence-electron chi connectivity index (χ0n) is 8.49. The fraction of sp³-hybridized carbons (Fsp3) is 0.545. The second kappa shape index (κ2) is 3.02. The van der Waals surface area contributed by atoms with Crippen LogP contribution in [0.2, 0.25) is 0 Å². The van der Waals surface area contributed by atoms with Gasteiger partial charge in [0.2, 0.25) is 0 Å². The molecule has 1 unspecified atom stereocenters. The number of aromatic nitrogens is 2. The van der Waals surface area contributed by atoms with Crippen LogP contribution in [0.5, 0.6) is 0 Å². The first kappa shape index (κ1) is 8.54. The van der Waals surface area contributed by atoms with E-state index in [1.54, 1.807) is 0 Å². The highest BCUT2D eigenvalue weighted by molar-refractivity contribution is 5.52. The molecule has 0 aliphatic carbocycles. The van der Waals surface area contributed by atoms with Crippen molar-refractivity contribution in [1.82, 2.24) is 9.78 Å². The largest absolute Gasteiger partial charge is 0.265 e. The van der Waals surface area contributed by atoms with Crippen molar-refractivity contribution in [1.29, 1.82) is 0 Å². The lowest BCUT2D eigenvalue weighted by molar-refractivity contribution is 0.507. The highest BCUT2D eigenvalue weighted by Crippen LogP contribution is 2.24. The highest BCUT2D eigenvalue weighted by atomic mass is 15.3. The Bertz CT molecular complexity index is 334. The number of rotatable bonds is 1. The van der Waals surface area contributed by atoms with E-state index in [9.17, 15) is 0 Å². The molecule has 0 saturated heterocycles. The maximum Gasteiger partial charge on any atom is 0.0641 e. The molecule has 0 saturated carbocycles. The van der Waals surface area contributed by atoms with Gasteiger partial charge in [0.1, 0.15) is 0 Å².